The van der Waals surface area contributed by atoms with Gasteiger partial charge in [-0.25, -0.2) is 10.1 Å². The number of ether oxygens (including phenoxy) is 1. The molecule has 9 nitrogen and oxygen atoms in total. The zero-order valence-corrected chi connectivity index (χ0v) is 19.1. The van der Waals surface area contributed by atoms with Crippen molar-refractivity contribution < 1.29 is 17.9 Å². The first-order valence-corrected chi connectivity index (χ1v) is 10.5. The molecule has 0 aliphatic heterocycles. The fourth-order valence-corrected chi connectivity index (χ4v) is 3.53. The molecule has 1 N–H and O–H groups in total. The SMILES string of the molecule is Cc1cncc(-c2cc(Cn3cnc(C(F)(F)F)c(Oc4cc(Cl)cc(C#N)c4)c3=O)n[nH]c2=O)c1. The second-order valence-corrected chi connectivity index (χ2v) is 8.03. The predicted molar refractivity (Wildman–Crippen MR) is 122 cm³/mol. The van der Waals surface area contributed by atoms with Gasteiger partial charge in [-0.2, -0.15) is 23.5 Å². The van der Waals surface area contributed by atoms with Crippen LogP contribution in [0.25, 0.3) is 11.1 Å². The molecule has 0 saturated carbocycles. The first-order valence-electron chi connectivity index (χ1n) is 10.1. The molecule has 13 heteroatoms. The Hall–Kier alpha value is -4.50. The number of aryl methyl sites for hydroxylation is 1. The molecule has 3 heterocycles. The van der Waals surface area contributed by atoms with Crippen LogP contribution in [0.5, 0.6) is 11.5 Å². The van der Waals surface area contributed by atoms with Gasteiger partial charge in [0, 0.05) is 23.0 Å². The minimum Gasteiger partial charge on any atom is -0.449 e. The van der Waals surface area contributed by atoms with Crippen molar-refractivity contribution in [3.8, 4) is 28.7 Å². The molecule has 182 valence electrons. The van der Waals surface area contributed by atoms with E-state index in [0.29, 0.717) is 11.9 Å². The molecule has 4 aromatic rings. The quantitative estimate of drug-likeness (QED) is 0.425. The average molecular weight is 515 g/mol. The number of nitrogens with one attached hydrogen (secondary N) is 1. The van der Waals surface area contributed by atoms with Crippen molar-refractivity contribution in [2.24, 2.45) is 0 Å². The number of H-pyrrole nitrogens is 1. The molecule has 0 unspecified atom stereocenters. The maximum atomic E-state index is 13.6. The second kappa shape index (κ2) is 9.63. The largest absolute Gasteiger partial charge is 0.449 e. The summed E-state index contributed by atoms with van der Waals surface area (Å²) >= 11 is 5.90. The topological polar surface area (TPSA) is 127 Å². The zero-order chi connectivity index (χ0) is 26.0. The molecule has 0 bridgehead atoms. The maximum Gasteiger partial charge on any atom is 0.437 e. The van der Waals surface area contributed by atoms with Gasteiger partial charge in [0.15, 0.2) is 5.69 Å². The second-order valence-electron chi connectivity index (χ2n) is 7.60. The number of benzene rings is 1. The van der Waals surface area contributed by atoms with E-state index in [9.17, 15) is 22.8 Å². The number of nitrogens with zero attached hydrogens (tertiary/aromatic N) is 5. The summed E-state index contributed by atoms with van der Waals surface area (Å²) in [7, 11) is 0. The summed E-state index contributed by atoms with van der Waals surface area (Å²) < 4.78 is 46.9. The van der Waals surface area contributed by atoms with E-state index < -0.39 is 28.7 Å². The van der Waals surface area contributed by atoms with Gasteiger partial charge in [0.2, 0.25) is 5.75 Å². The van der Waals surface area contributed by atoms with E-state index in [4.69, 9.17) is 21.6 Å². The highest BCUT2D eigenvalue weighted by Gasteiger charge is 2.38. The van der Waals surface area contributed by atoms with Gasteiger partial charge in [-0.1, -0.05) is 11.6 Å². The number of alkyl halides is 3. The third-order valence-electron chi connectivity index (χ3n) is 4.86. The van der Waals surface area contributed by atoms with Gasteiger partial charge in [0.25, 0.3) is 11.1 Å². The Kier molecular flexibility index (Phi) is 6.59. The Balaban J connectivity index is 1.77. The number of hydrogen-bond acceptors (Lipinski definition) is 7. The van der Waals surface area contributed by atoms with Crippen molar-refractivity contribution in [3.63, 3.8) is 0 Å². The van der Waals surface area contributed by atoms with Crippen LogP contribution in [0.15, 0.2) is 58.6 Å². The molecule has 0 saturated heterocycles. The molecule has 0 amide bonds. The fourth-order valence-electron chi connectivity index (χ4n) is 3.30. The molecule has 4 rings (SSSR count). The molecule has 1 aromatic carbocycles. The number of aromatic amines is 1. The third-order valence-corrected chi connectivity index (χ3v) is 5.08. The highest BCUT2D eigenvalue weighted by molar-refractivity contribution is 6.30. The summed E-state index contributed by atoms with van der Waals surface area (Å²) in [6.45, 7) is 1.46. The average Bonchev–Trinajstić information content (AvgIpc) is 2.81. The molecule has 0 aliphatic carbocycles. The number of hydrogen-bond donors (Lipinski definition) is 1. The lowest BCUT2D eigenvalue weighted by Crippen LogP contribution is -2.27. The van der Waals surface area contributed by atoms with E-state index in [1.165, 1.54) is 18.3 Å². The van der Waals surface area contributed by atoms with Gasteiger partial charge >= 0.3 is 6.18 Å². The van der Waals surface area contributed by atoms with Crippen LogP contribution in [0, 0.1) is 18.3 Å². The van der Waals surface area contributed by atoms with Gasteiger partial charge in [-0.15, -0.1) is 0 Å². The minimum atomic E-state index is -5.01. The van der Waals surface area contributed by atoms with Gasteiger partial charge in [-0.05, 0) is 42.8 Å². The standard InChI is InChI=1S/C23H14ClF3N6O3/c1-12-2-14(9-29-8-12)18-6-16(31-32-21(18)34)10-33-11-30-20(23(25,26)27)19(22(33)35)36-17-4-13(7-28)3-15(24)5-17/h2-6,8-9,11H,10H2,1H3,(H,32,34). The van der Waals surface area contributed by atoms with Crippen molar-refractivity contribution >= 4 is 11.6 Å². The fraction of sp³-hybridized carbons (Fsp3) is 0.130. The Morgan fingerprint density at radius 2 is 1.94 bits per heavy atom. The normalized spacial score (nSPS) is 11.2. The maximum absolute atomic E-state index is 13.6. The van der Waals surface area contributed by atoms with Crippen molar-refractivity contribution in [2.75, 3.05) is 0 Å². The molecule has 36 heavy (non-hydrogen) atoms. The lowest BCUT2D eigenvalue weighted by molar-refractivity contribution is -0.142. The van der Waals surface area contributed by atoms with E-state index >= 15 is 0 Å². The van der Waals surface area contributed by atoms with Gasteiger partial charge < -0.3 is 4.74 Å². The van der Waals surface area contributed by atoms with Crippen LogP contribution in [0.1, 0.15) is 22.5 Å². The Labute approximate surface area is 205 Å². The number of rotatable bonds is 5. The smallest absolute Gasteiger partial charge is 0.437 e. The lowest BCUT2D eigenvalue weighted by atomic mass is 10.1. The Morgan fingerprint density at radius 3 is 2.64 bits per heavy atom. The van der Waals surface area contributed by atoms with Crippen LogP contribution >= 0.6 is 11.6 Å². The molecule has 0 fully saturated rings. The van der Waals surface area contributed by atoms with Crippen LogP contribution in [-0.4, -0.2) is 24.7 Å². The summed E-state index contributed by atoms with van der Waals surface area (Å²) in [4.78, 5) is 32.8. The number of pyridine rings is 1. The summed E-state index contributed by atoms with van der Waals surface area (Å²) in [6, 6.07) is 8.49. The first kappa shape index (κ1) is 24.6. The Morgan fingerprint density at radius 1 is 1.17 bits per heavy atom. The van der Waals surface area contributed by atoms with E-state index in [-0.39, 0.29) is 34.1 Å². The molecule has 0 aliphatic rings. The van der Waals surface area contributed by atoms with Crippen LogP contribution in [0.2, 0.25) is 5.02 Å². The lowest BCUT2D eigenvalue weighted by Gasteiger charge is -2.15. The molecule has 3 aromatic heterocycles. The van der Waals surface area contributed by atoms with Gasteiger partial charge in [-0.3, -0.25) is 19.1 Å². The summed E-state index contributed by atoms with van der Waals surface area (Å²) in [6.07, 6.45) is -1.23. The summed E-state index contributed by atoms with van der Waals surface area (Å²) in [5, 5.41) is 15.3. The number of nitriles is 1. The first-order chi connectivity index (χ1) is 17.0. The van der Waals surface area contributed by atoms with Crippen LogP contribution in [0.4, 0.5) is 13.2 Å². The van der Waals surface area contributed by atoms with Crippen LogP contribution < -0.4 is 15.9 Å². The molecule has 0 radical (unpaired) electrons. The van der Waals surface area contributed by atoms with E-state index in [1.807, 2.05) is 0 Å². The molecule has 0 spiro atoms. The van der Waals surface area contributed by atoms with Gasteiger partial charge in [0.1, 0.15) is 5.75 Å². The highest BCUT2D eigenvalue weighted by Crippen LogP contribution is 2.35. The summed E-state index contributed by atoms with van der Waals surface area (Å²) in [5.41, 5.74) is -1.54. The zero-order valence-electron chi connectivity index (χ0n) is 18.3. The van der Waals surface area contributed by atoms with E-state index in [2.05, 4.69) is 20.2 Å². The molecule has 0 atom stereocenters. The van der Waals surface area contributed by atoms with E-state index in [0.717, 1.165) is 22.3 Å². The van der Waals surface area contributed by atoms with Crippen molar-refractivity contribution in [3.05, 3.63) is 97.3 Å². The number of halogens is 4. The summed E-state index contributed by atoms with van der Waals surface area (Å²) in [5.74, 6) is -1.36. The predicted octanol–water partition coefficient (Wildman–Crippen LogP) is 4.08. The Bertz CT molecular complexity index is 1630. The van der Waals surface area contributed by atoms with Crippen LogP contribution in [-0.2, 0) is 12.7 Å². The molecular formula is C23H14ClF3N6O3. The third kappa shape index (κ3) is 5.26. The van der Waals surface area contributed by atoms with Crippen LogP contribution in [0.3, 0.4) is 0 Å². The van der Waals surface area contributed by atoms with Crippen molar-refractivity contribution in [2.45, 2.75) is 19.6 Å². The van der Waals surface area contributed by atoms with E-state index in [1.54, 1.807) is 25.3 Å². The number of aromatic nitrogens is 5. The molecular weight excluding hydrogens is 501 g/mol. The van der Waals surface area contributed by atoms with Gasteiger partial charge in [0.05, 0.1) is 35.8 Å². The van der Waals surface area contributed by atoms with Crippen molar-refractivity contribution in [1.29, 1.82) is 5.26 Å². The highest BCUT2D eigenvalue weighted by atomic mass is 35.5. The monoisotopic (exact) mass is 514 g/mol. The van der Waals surface area contributed by atoms with Crippen molar-refractivity contribution in [1.82, 2.24) is 24.7 Å². The minimum absolute atomic E-state index is 0.0193.